The van der Waals surface area contributed by atoms with Crippen molar-refractivity contribution in [2.24, 2.45) is 0 Å². The first-order valence-corrected chi connectivity index (χ1v) is 11.7. The van der Waals surface area contributed by atoms with Crippen LogP contribution in [0.1, 0.15) is 6.92 Å². The minimum absolute atomic E-state index is 0.324. The quantitative estimate of drug-likeness (QED) is 0.0930. The van der Waals surface area contributed by atoms with Crippen LogP contribution in [0.3, 0.4) is 0 Å². The Kier molecular flexibility index (Phi) is 12.0. The standard InChI is InChI=1S/C20H5F33O2/c1-3(2)4(54)55-18(47,15(41,42)13(37,38)17(45,46)20(51,52)53)14(39,40)11(33,34)9(29,30)7(25,26)5(21,22)6(23,24)8(27,28)10(31,32)12(35,36)16(43,44)19(48,49)50/h1H2,2H3. The summed E-state index contributed by atoms with van der Waals surface area (Å²) in [4.78, 5) is 11.3. The maximum Gasteiger partial charge on any atom is 0.460 e. The molecular weight excluding hydrogens is 899 g/mol. The molecule has 0 spiro atoms. The number of hydrogen-bond donors (Lipinski definition) is 0. The van der Waals surface area contributed by atoms with Crippen LogP contribution in [0.15, 0.2) is 12.2 Å². The van der Waals surface area contributed by atoms with Crippen LogP contribution in [0, 0.1) is 0 Å². The molecule has 35 heteroatoms. The van der Waals surface area contributed by atoms with Crippen molar-refractivity contribution in [1.82, 2.24) is 0 Å². The Morgan fingerprint density at radius 3 is 0.618 bits per heavy atom. The van der Waals surface area contributed by atoms with Gasteiger partial charge in [-0.2, -0.15) is 145 Å². The van der Waals surface area contributed by atoms with Crippen LogP contribution >= 0.6 is 0 Å². The van der Waals surface area contributed by atoms with E-state index in [2.05, 4.69) is 0 Å². The van der Waals surface area contributed by atoms with E-state index in [0.29, 0.717) is 0 Å². The zero-order valence-corrected chi connectivity index (χ0v) is 24.0. The second-order valence-corrected chi connectivity index (χ2v) is 10.2. The minimum Gasteiger partial charge on any atom is -0.413 e. The molecule has 0 aromatic carbocycles. The first kappa shape index (κ1) is 51.9. The van der Waals surface area contributed by atoms with Gasteiger partial charge in [-0.25, -0.2) is 4.79 Å². The van der Waals surface area contributed by atoms with Gasteiger partial charge in [-0.15, -0.1) is 0 Å². The second-order valence-electron chi connectivity index (χ2n) is 10.2. The first-order valence-electron chi connectivity index (χ1n) is 11.7. The fourth-order valence-corrected chi connectivity index (χ4v) is 3.07. The molecule has 0 saturated heterocycles. The summed E-state index contributed by atoms with van der Waals surface area (Å²) in [5.41, 5.74) is -2.26. The average Bonchev–Trinajstić information content (AvgIpc) is 2.94. The molecule has 0 amide bonds. The van der Waals surface area contributed by atoms with Gasteiger partial charge in [0.25, 0.3) is 0 Å². The third kappa shape index (κ3) is 6.13. The van der Waals surface area contributed by atoms with E-state index in [0.717, 1.165) is 0 Å². The lowest BCUT2D eigenvalue weighted by Crippen LogP contribution is -2.81. The summed E-state index contributed by atoms with van der Waals surface area (Å²) in [6.07, 6.45) is -16.8. The molecule has 0 aliphatic rings. The molecule has 0 bridgehead atoms. The van der Waals surface area contributed by atoms with E-state index >= 15 is 0 Å². The summed E-state index contributed by atoms with van der Waals surface area (Å²) in [5.74, 6) is -140. The second kappa shape index (κ2) is 12.7. The molecule has 2 nitrogen and oxygen atoms in total. The largest absolute Gasteiger partial charge is 0.460 e. The smallest absolute Gasteiger partial charge is 0.413 e. The predicted molar refractivity (Wildman–Crippen MR) is 101 cm³/mol. The fourth-order valence-electron chi connectivity index (χ4n) is 3.07. The van der Waals surface area contributed by atoms with Gasteiger partial charge >= 0.3 is 101 Å². The third-order valence-corrected chi connectivity index (χ3v) is 6.44. The van der Waals surface area contributed by atoms with Gasteiger partial charge in [-0.05, 0) is 6.92 Å². The van der Waals surface area contributed by atoms with Gasteiger partial charge in [-0.3, -0.25) is 0 Å². The summed E-state index contributed by atoms with van der Waals surface area (Å²) >= 11 is 0. The molecule has 0 heterocycles. The summed E-state index contributed by atoms with van der Waals surface area (Å²) in [6, 6.07) is 0. The van der Waals surface area contributed by atoms with Crippen molar-refractivity contribution in [3.63, 3.8) is 0 Å². The van der Waals surface area contributed by atoms with E-state index < -0.39 is 107 Å². The third-order valence-electron chi connectivity index (χ3n) is 6.44. The van der Waals surface area contributed by atoms with Gasteiger partial charge in [0.2, 0.25) is 0 Å². The number of hydrogen-bond acceptors (Lipinski definition) is 2. The monoisotopic (exact) mass is 904 g/mol. The number of alkyl halides is 33. The number of rotatable bonds is 15. The normalized spacial score (nSPS) is 17.6. The molecule has 0 fully saturated rings. The van der Waals surface area contributed by atoms with Crippen LogP contribution in [0.2, 0.25) is 0 Å². The first-order chi connectivity index (χ1) is 23.1. The molecule has 0 aliphatic heterocycles. The van der Waals surface area contributed by atoms with E-state index in [-0.39, 0.29) is 6.92 Å². The Morgan fingerprint density at radius 1 is 0.309 bits per heavy atom. The van der Waals surface area contributed by atoms with Crippen molar-refractivity contribution < 1.29 is 154 Å². The van der Waals surface area contributed by atoms with Crippen LogP contribution in [-0.4, -0.2) is 101 Å². The SMILES string of the molecule is C=C(C)C(=O)OC(F)(C(F)(F)C(F)(F)C(F)(F)C(F)(F)F)C(F)(F)C(F)(F)C(F)(F)C(F)(F)C(F)(F)C(F)(F)C(F)(F)C(F)(F)C(F)(F)C(F)(F)C(F)(F)F. The van der Waals surface area contributed by atoms with E-state index in [1.165, 1.54) is 0 Å². The highest BCUT2D eigenvalue weighted by atomic mass is 19.4. The van der Waals surface area contributed by atoms with Crippen LogP contribution in [-0.2, 0) is 9.53 Å². The number of halogens is 33. The molecule has 0 saturated carbocycles. The fraction of sp³-hybridized carbons (Fsp3) is 0.850. The topological polar surface area (TPSA) is 26.3 Å². The van der Waals surface area contributed by atoms with Crippen molar-refractivity contribution >= 4 is 5.97 Å². The molecule has 0 aliphatic carbocycles. The van der Waals surface area contributed by atoms with Crippen molar-refractivity contribution in [3.8, 4) is 0 Å². The average molecular weight is 904 g/mol. The van der Waals surface area contributed by atoms with Crippen molar-refractivity contribution in [2.75, 3.05) is 0 Å². The van der Waals surface area contributed by atoms with E-state index in [1.807, 2.05) is 11.3 Å². The number of carbonyl (C=O) groups is 1. The summed E-state index contributed by atoms with van der Waals surface area (Å²) in [7, 11) is 0. The van der Waals surface area contributed by atoms with Crippen LogP contribution in [0.25, 0.3) is 0 Å². The minimum atomic E-state index is -10.2. The van der Waals surface area contributed by atoms with Crippen LogP contribution < -0.4 is 0 Å². The molecule has 0 N–H and O–H groups in total. The summed E-state index contributed by atoms with van der Waals surface area (Å²) < 4.78 is 449. The number of ether oxygens (including phenoxy) is 1. The zero-order valence-electron chi connectivity index (χ0n) is 24.0. The Morgan fingerprint density at radius 2 is 0.455 bits per heavy atom. The lowest BCUT2D eigenvalue weighted by Gasteiger charge is -2.48. The Labute approximate surface area is 276 Å². The van der Waals surface area contributed by atoms with Crippen molar-refractivity contribution in [3.05, 3.63) is 12.2 Å². The molecular formula is C20H5F33O2. The Bertz CT molecular complexity index is 1460. The van der Waals surface area contributed by atoms with Gasteiger partial charge in [0.05, 0.1) is 0 Å². The molecule has 0 rings (SSSR count). The highest BCUT2D eigenvalue weighted by Crippen LogP contribution is 2.70. The van der Waals surface area contributed by atoms with E-state index in [1.54, 1.807) is 0 Å². The lowest BCUT2D eigenvalue weighted by molar-refractivity contribution is -0.498. The summed E-state index contributed by atoms with van der Waals surface area (Å²) in [6.45, 7) is 1.65. The van der Waals surface area contributed by atoms with E-state index in [9.17, 15) is 150 Å². The van der Waals surface area contributed by atoms with Crippen LogP contribution in [0.4, 0.5) is 145 Å². The van der Waals surface area contributed by atoms with Crippen LogP contribution in [0.5, 0.6) is 0 Å². The molecule has 1 atom stereocenters. The molecule has 0 aromatic heterocycles. The zero-order chi connectivity index (χ0) is 45.9. The number of esters is 1. The van der Waals surface area contributed by atoms with Gasteiger partial charge in [-0.1, -0.05) is 6.58 Å². The number of carbonyl (C=O) groups excluding carboxylic acids is 1. The Hall–Kier alpha value is -3.10. The molecule has 55 heavy (non-hydrogen) atoms. The van der Waals surface area contributed by atoms with Gasteiger partial charge < -0.3 is 4.74 Å². The molecule has 0 radical (unpaired) electrons. The maximum atomic E-state index is 15.0. The Balaban J connectivity index is 8.21. The molecule has 328 valence electrons. The van der Waals surface area contributed by atoms with Gasteiger partial charge in [0.15, 0.2) is 0 Å². The predicted octanol–water partition coefficient (Wildman–Crippen LogP) is 11.2. The summed E-state index contributed by atoms with van der Waals surface area (Å²) in [5, 5.41) is 0. The maximum absolute atomic E-state index is 15.0. The highest BCUT2D eigenvalue weighted by Gasteiger charge is 3.02. The lowest BCUT2D eigenvalue weighted by atomic mass is 9.82. The molecule has 0 aromatic rings. The molecule has 1 unspecified atom stereocenters. The van der Waals surface area contributed by atoms with E-state index in [4.69, 9.17) is 0 Å². The van der Waals surface area contributed by atoms with Gasteiger partial charge in [0.1, 0.15) is 0 Å². The van der Waals surface area contributed by atoms with Gasteiger partial charge in [0, 0.05) is 5.57 Å². The van der Waals surface area contributed by atoms with Crippen molar-refractivity contribution in [2.45, 2.75) is 102 Å². The van der Waals surface area contributed by atoms with Crippen molar-refractivity contribution in [1.29, 1.82) is 0 Å². The highest BCUT2D eigenvalue weighted by molar-refractivity contribution is 5.87.